The minimum atomic E-state index is -0.371. The second kappa shape index (κ2) is 6.45. The van der Waals surface area contributed by atoms with Crippen molar-refractivity contribution >= 4 is 23.3 Å². The van der Waals surface area contributed by atoms with Gasteiger partial charge in [-0.05, 0) is 38.5 Å². The highest BCUT2D eigenvalue weighted by Crippen LogP contribution is 2.16. The van der Waals surface area contributed by atoms with E-state index >= 15 is 0 Å². The molecule has 88 valence electrons. The second-order valence-electron chi connectivity index (χ2n) is 3.71. The summed E-state index contributed by atoms with van der Waals surface area (Å²) in [6, 6.07) is 4.01. The molecule has 1 atom stereocenters. The predicted molar refractivity (Wildman–Crippen MR) is 67.4 cm³/mol. The summed E-state index contributed by atoms with van der Waals surface area (Å²) in [6.45, 7) is 4.24. The highest BCUT2D eigenvalue weighted by Gasteiger charge is 1.98. The van der Waals surface area contributed by atoms with Crippen LogP contribution in [0.3, 0.4) is 0 Å². The van der Waals surface area contributed by atoms with Gasteiger partial charge in [-0.3, -0.25) is 4.79 Å². The first-order valence-corrected chi connectivity index (χ1v) is 6.10. The van der Waals surface area contributed by atoms with Crippen molar-refractivity contribution < 1.29 is 9.90 Å². The lowest BCUT2D eigenvalue weighted by Crippen LogP contribution is -2.24. The SMILES string of the molecule is Cc1ccc(C=CC(=O)NCCC(C)O)s1. The number of thiophene rings is 1. The number of hydrogen-bond donors (Lipinski definition) is 2. The van der Waals surface area contributed by atoms with Crippen molar-refractivity contribution in [2.24, 2.45) is 0 Å². The van der Waals surface area contributed by atoms with Gasteiger partial charge in [-0.1, -0.05) is 0 Å². The largest absolute Gasteiger partial charge is 0.393 e. The van der Waals surface area contributed by atoms with Gasteiger partial charge in [0.15, 0.2) is 0 Å². The lowest BCUT2D eigenvalue weighted by molar-refractivity contribution is -0.116. The maximum Gasteiger partial charge on any atom is 0.244 e. The molecule has 0 aromatic carbocycles. The fourth-order valence-corrected chi connectivity index (χ4v) is 1.94. The summed E-state index contributed by atoms with van der Waals surface area (Å²) in [5.41, 5.74) is 0. The van der Waals surface area contributed by atoms with Crippen LogP contribution in [0.25, 0.3) is 6.08 Å². The van der Waals surface area contributed by atoms with E-state index in [1.165, 1.54) is 11.0 Å². The van der Waals surface area contributed by atoms with Crippen molar-refractivity contribution in [3.8, 4) is 0 Å². The average molecular weight is 239 g/mol. The minimum Gasteiger partial charge on any atom is -0.393 e. The number of amides is 1. The standard InChI is InChI=1S/C12H17NO2S/c1-9(14)7-8-13-12(15)6-5-11-4-3-10(2)16-11/h3-6,9,14H,7-8H2,1-2H3,(H,13,15). The molecule has 1 rings (SSSR count). The molecule has 4 heteroatoms. The number of nitrogens with one attached hydrogen (secondary N) is 1. The molecule has 0 aliphatic rings. The second-order valence-corrected chi connectivity index (χ2v) is 5.03. The Morgan fingerprint density at radius 1 is 1.62 bits per heavy atom. The third-order valence-electron chi connectivity index (χ3n) is 2.02. The summed E-state index contributed by atoms with van der Waals surface area (Å²) < 4.78 is 0. The number of carbonyl (C=O) groups is 1. The Bertz CT molecular complexity index is 369. The molecule has 2 N–H and O–H groups in total. The van der Waals surface area contributed by atoms with Crippen LogP contribution >= 0.6 is 11.3 Å². The van der Waals surface area contributed by atoms with Crippen LogP contribution in [0.2, 0.25) is 0 Å². The smallest absolute Gasteiger partial charge is 0.244 e. The first-order chi connectivity index (χ1) is 7.58. The summed E-state index contributed by atoms with van der Waals surface area (Å²) >= 11 is 1.65. The Hall–Kier alpha value is -1.13. The molecule has 0 fully saturated rings. The van der Waals surface area contributed by atoms with Gasteiger partial charge in [0.2, 0.25) is 5.91 Å². The van der Waals surface area contributed by atoms with E-state index in [4.69, 9.17) is 5.11 Å². The summed E-state index contributed by atoms with van der Waals surface area (Å²) in [4.78, 5) is 13.6. The first kappa shape index (κ1) is 12.9. The van der Waals surface area contributed by atoms with Crippen molar-refractivity contribution in [1.82, 2.24) is 5.32 Å². The van der Waals surface area contributed by atoms with Crippen LogP contribution in [0, 0.1) is 6.92 Å². The van der Waals surface area contributed by atoms with Crippen molar-refractivity contribution in [2.75, 3.05) is 6.54 Å². The van der Waals surface area contributed by atoms with Gasteiger partial charge in [0.1, 0.15) is 0 Å². The molecule has 16 heavy (non-hydrogen) atoms. The molecule has 1 aromatic rings. The van der Waals surface area contributed by atoms with Gasteiger partial charge in [-0.15, -0.1) is 11.3 Å². The normalized spacial score (nSPS) is 12.9. The van der Waals surface area contributed by atoms with Crippen LogP contribution in [-0.2, 0) is 4.79 Å². The fraction of sp³-hybridized carbons (Fsp3) is 0.417. The molecule has 1 unspecified atom stereocenters. The zero-order valence-corrected chi connectivity index (χ0v) is 10.4. The van der Waals surface area contributed by atoms with E-state index < -0.39 is 0 Å². The molecule has 0 spiro atoms. The van der Waals surface area contributed by atoms with Crippen LogP contribution in [0.15, 0.2) is 18.2 Å². The molecule has 1 heterocycles. The molecule has 0 aliphatic heterocycles. The quantitative estimate of drug-likeness (QED) is 0.772. The Morgan fingerprint density at radius 2 is 2.38 bits per heavy atom. The summed E-state index contributed by atoms with van der Waals surface area (Å²) in [5, 5.41) is 11.7. The first-order valence-electron chi connectivity index (χ1n) is 5.28. The molecule has 0 bridgehead atoms. The van der Waals surface area contributed by atoms with E-state index in [9.17, 15) is 4.79 Å². The van der Waals surface area contributed by atoms with Gasteiger partial charge in [0, 0.05) is 22.4 Å². The third kappa shape index (κ3) is 5.09. The van der Waals surface area contributed by atoms with E-state index in [0.717, 1.165) is 4.88 Å². The number of aliphatic hydroxyl groups excluding tert-OH is 1. The topological polar surface area (TPSA) is 49.3 Å². The van der Waals surface area contributed by atoms with Crippen molar-refractivity contribution in [2.45, 2.75) is 26.4 Å². The monoisotopic (exact) mass is 239 g/mol. The Morgan fingerprint density at radius 3 is 2.94 bits per heavy atom. The Balaban J connectivity index is 2.31. The maximum atomic E-state index is 11.3. The van der Waals surface area contributed by atoms with E-state index in [2.05, 4.69) is 5.32 Å². The van der Waals surface area contributed by atoms with Gasteiger partial charge < -0.3 is 10.4 Å². The number of aliphatic hydroxyl groups is 1. The zero-order valence-electron chi connectivity index (χ0n) is 9.56. The number of rotatable bonds is 5. The number of carbonyl (C=O) groups excluding carboxylic acids is 1. The van der Waals surface area contributed by atoms with Gasteiger partial charge >= 0.3 is 0 Å². The van der Waals surface area contributed by atoms with E-state index in [0.29, 0.717) is 13.0 Å². The van der Waals surface area contributed by atoms with E-state index in [1.807, 2.05) is 19.1 Å². The summed E-state index contributed by atoms with van der Waals surface area (Å²) in [7, 11) is 0. The molecule has 0 radical (unpaired) electrons. The van der Waals surface area contributed by atoms with Crippen molar-refractivity contribution in [1.29, 1.82) is 0 Å². The molecule has 3 nitrogen and oxygen atoms in total. The van der Waals surface area contributed by atoms with Crippen LogP contribution in [0.5, 0.6) is 0 Å². The Kier molecular flexibility index (Phi) is 5.22. The fourth-order valence-electron chi connectivity index (χ4n) is 1.16. The minimum absolute atomic E-state index is 0.119. The van der Waals surface area contributed by atoms with Crippen LogP contribution in [0.1, 0.15) is 23.1 Å². The van der Waals surface area contributed by atoms with Gasteiger partial charge in [-0.2, -0.15) is 0 Å². The van der Waals surface area contributed by atoms with E-state index in [1.54, 1.807) is 24.3 Å². The maximum absolute atomic E-state index is 11.3. The lowest BCUT2D eigenvalue weighted by atomic mass is 10.3. The van der Waals surface area contributed by atoms with Gasteiger partial charge in [-0.25, -0.2) is 0 Å². The summed E-state index contributed by atoms with van der Waals surface area (Å²) in [6.07, 6.45) is 3.53. The Labute approximate surface area is 99.8 Å². The molecule has 0 saturated heterocycles. The zero-order chi connectivity index (χ0) is 12.0. The average Bonchev–Trinajstić information content (AvgIpc) is 2.61. The molecule has 0 aliphatic carbocycles. The number of hydrogen-bond acceptors (Lipinski definition) is 3. The van der Waals surface area contributed by atoms with Gasteiger partial charge in [0.05, 0.1) is 6.10 Å². The molecule has 1 amide bonds. The van der Waals surface area contributed by atoms with Crippen LogP contribution in [0.4, 0.5) is 0 Å². The third-order valence-corrected chi connectivity index (χ3v) is 2.99. The van der Waals surface area contributed by atoms with Gasteiger partial charge in [0.25, 0.3) is 0 Å². The molecule has 1 aromatic heterocycles. The van der Waals surface area contributed by atoms with Crippen molar-refractivity contribution in [3.05, 3.63) is 28.0 Å². The molecular formula is C12H17NO2S. The molecule has 0 saturated carbocycles. The van der Waals surface area contributed by atoms with E-state index in [-0.39, 0.29) is 12.0 Å². The molecular weight excluding hydrogens is 222 g/mol. The highest BCUT2D eigenvalue weighted by atomic mass is 32.1. The number of aryl methyl sites for hydroxylation is 1. The summed E-state index contributed by atoms with van der Waals surface area (Å²) in [5.74, 6) is -0.119. The van der Waals surface area contributed by atoms with Crippen molar-refractivity contribution in [3.63, 3.8) is 0 Å². The predicted octanol–water partition coefficient (Wildman–Crippen LogP) is 1.96. The van der Waals surface area contributed by atoms with Crippen LogP contribution < -0.4 is 5.32 Å². The lowest BCUT2D eigenvalue weighted by Gasteiger charge is -2.03. The van der Waals surface area contributed by atoms with Crippen LogP contribution in [-0.4, -0.2) is 23.7 Å². The highest BCUT2D eigenvalue weighted by molar-refractivity contribution is 7.12.